The number of hydrogen-bond acceptors (Lipinski definition) is 1. The minimum Gasteiger partial charge on any atom is -0.388 e. The number of hydrogen-bond donors (Lipinski definition) is 1. The van der Waals surface area contributed by atoms with Crippen molar-refractivity contribution in [1.29, 1.82) is 0 Å². The molecule has 0 saturated heterocycles. The molecule has 2 aromatic carbocycles. The standard InChI is InChI=1S/C16H17BrO/c1-11-3-6-13(7-4-11)9-16(18)15-10-14(17)8-5-12(15)2/h3-8,10,16,18H,9H2,1-2H3. The molecule has 1 atom stereocenters. The summed E-state index contributed by atoms with van der Waals surface area (Å²) in [5.41, 5.74) is 4.52. The molecular formula is C16H17BrO. The Morgan fingerprint density at radius 2 is 1.72 bits per heavy atom. The van der Waals surface area contributed by atoms with Gasteiger partial charge in [-0.25, -0.2) is 0 Å². The molecule has 0 fully saturated rings. The Bertz CT molecular complexity index is 531. The summed E-state index contributed by atoms with van der Waals surface area (Å²) >= 11 is 3.45. The lowest BCUT2D eigenvalue weighted by molar-refractivity contribution is 0.177. The maximum atomic E-state index is 10.3. The molecule has 0 bridgehead atoms. The fourth-order valence-electron chi connectivity index (χ4n) is 2.03. The molecule has 1 nitrogen and oxygen atoms in total. The van der Waals surface area contributed by atoms with Crippen molar-refractivity contribution in [3.05, 3.63) is 69.2 Å². The van der Waals surface area contributed by atoms with Crippen LogP contribution < -0.4 is 0 Å². The molecular weight excluding hydrogens is 288 g/mol. The number of benzene rings is 2. The quantitative estimate of drug-likeness (QED) is 0.894. The highest BCUT2D eigenvalue weighted by atomic mass is 79.9. The van der Waals surface area contributed by atoms with Crippen LogP contribution in [0.3, 0.4) is 0 Å². The number of aryl methyl sites for hydroxylation is 2. The molecule has 18 heavy (non-hydrogen) atoms. The van der Waals surface area contributed by atoms with Crippen molar-refractivity contribution >= 4 is 15.9 Å². The average molecular weight is 305 g/mol. The third kappa shape index (κ3) is 3.21. The van der Waals surface area contributed by atoms with E-state index in [2.05, 4.69) is 47.1 Å². The minimum atomic E-state index is -0.454. The zero-order chi connectivity index (χ0) is 13.1. The van der Waals surface area contributed by atoms with E-state index in [4.69, 9.17) is 0 Å². The Balaban J connectivity index is 2.18. The van der Waals surface area contributed by atoms with Gasteiger partial charge in [0.2, 0.25) is 0 Å². The van der Waals surface area contributed by atoms with E-state index in [0.29, 0.717) is 6.42 Å². The third-order valence-corrected chi connectivity index (χ3v) is 3.64. The van der Waals surface area contributed by atoms with Crippen LogP contribution in [0.15, 0.2) is 46.9 Å². The number of aliphatic hydroxyl groups is 1. The number of rotatable bonds is 3. The lowest BCUT2D eigenvalue weighted by Gasteiger charge is -2.14. The second-order valence-corrected chi connectivity index (χ2v) is 5.62. The summed E-state index contributed by atoms with van der Waals surface area (Å²) in [4.78, 5) is 0. The van der Waals surface area contributed by atoms with Gasteiger partial charge in [0, 0.05) is 10.9 Å². The zero-order valence-corrected chi connectivity index (χ0v) is 12.2. The van der Waals surface area contributed by atoms with E-state index >= 15 is 0 Å². The second kappa shape index (κ2) is 5.68. The van der Waals surface area contributed by atoms with Gasteiger partial charge in [-0.2, -0.15) is 0 Å². The highest BCUT2D eigenvalue weighted by Gasteiger charge is 2.11. The molecule has 1 unspecified atom stereocenters. The topological polar surface area (TPSA) is 20.2 Å². The van der Waals surface area contributed by atoms with Crippen LogP contribution in [0.2, 0.25) is 0 Å². The predicted octanol–water partition coefficient (Wildman–Crippen LogP) is 4.34. The molecule has 0 radical (unpaired) electrons. The van der Waals surface area contributed by atoms with Crippen molar-refractivity contribution in [3.8, 4) is 0 Å². The molecule has 0 aromatic heterocycles. The molecule has 2 aromatic rings. The van der Waals surface area contributed by atoms with E-state index in [-0.39, 0.29) is 0 Å². The van der Waals surface area contributed by atoms with Crippen molar-refractivity contribution in [2.75, 3.05) is 0 Å². The monoisotopic (exact) mass is 304 g/mol. The van der Waals surface area contributed by atoms with Crippen molar-refractivity contribution < 1.29 is 5.11 Å². The van der Waals surface area contributed by atoms with Gasteiger partial charge in [0.15, 0.2) is 0 Å². The molecule has 0 aliphatic rings. The van der Waals surface area contributed by atoms with Crippen LogP contribution in [0.25, 0.3) is 0 Å². The summed E-state index contributed by atoms with van der Waals surface area (Å²) < 4.78 is 1.01. The van der Waals surface area contributed by atoms with Crippen molar-refractivity contribution in [2.45, 2.75) is 26.4 Å². The minimum absolute atomic E-state index is 0.454. The molecule has 0 heterocycles. The predicted molar refractivity (Wildman–Crippen MR) is 78.7 cm³/mol. The van der Waals surface area contributed by atoms with E-state index in [0.717, 1.165) is 21.2 Å². The molecule has 2 heteroatoms. The fourth-order valence-corrected chi connectivity index (χ4v) is 2.41. The first-order chi connectivity index (χ1) is 8.56. The summed E-state index contributed by atoms with van der Waals surface area (Å²) in [6, 6.07) is 14.3. The summed E-state index contributed by atoms with van der Waals surface area (Å²) in [5.74, 6) is 0. The van der Waals surface area contributed by atoms with Gasteiger partial charge in [0.05, 0.1) is 6.10 Å². The molecule has 94 valence electrons. The molecule has 0 aliphatic heterocycles. The summed E-state index contributed by atoms with van der Waals surface area (Å²) in [6.07, 6.45) is 0.197. The van der Waals surface area contributed by atoms with Crippen LogP contribution in [0, 0.1) is 13.8 Å². The lowest BCUT2D eigenvalue weighted by Crippen LogP contribution is -2.04. The Kier molecular flexibility index (Phi) is 4.20. The molecule has 0 saturated carbocycles. The van der Waals surface area contributed by atoms with Gasteiger partial charge in [-0.1, -0.05) is 51.8 Å². The van der Waals surface area contributed by atoms with Crippen LogP contribution >= 0.6 is 15.9 Å². The van der Waals surface area contributed by atoms with Crippen LogP contribution in [-0.2, 0) is 6.42 Å². The van der Waals surface area contributed by atoms with E-state index in [1.54, 1.807) is 0 Å². The Labute approximate surface area is 117 Å². The van der Waals surface area contributed by atoms with Gasteiger partial charge in [-0.05, 0) is 42.7 Å². The first-order valence-corrected chi connectivity index (χ1v) is 6.85. The van der Waals surface area contributed by atoms with E-state index in [1.165, 1.54) is 5.56 Å². The normalized spacial score (nSPS) is 12.4. The summed E-state index contributed by atoms with van der Waals surface area (Å²) in [6.45, 7) is 4.10. The van der Waals surface area contributed by atoms with E-state index in [1.807, 2.05) is 25.1 Å². The van der Waals surface area contributed by atoms with Gasteiger partial charge < -0.3 is 5.11 Å². The highest BCUT2D eigenvalue weighted by molar-refractivity contribution is 9.10. The summed E-state index contributed by atoms with van der Waals surface area (Å²) in [7, 11) is 0. The maximum absolute atomic E-state index is 10.3. The van der Waals surface area contributed by atoms with Gasteiger partial charge >= 0.3 is 0 Å². The van der Waals surface area contributed by atoms with Crippen LogP contribution in [-0.4, -0.2) is 5.11 Å². The molecule has 0 aliphatic carbocycles. The van der Waals surface area contributed by atoms with Crippen molar-refractivity contribution in [2.24, 2.45) is 0 Å². The fraction of sp³-hybridized carbons (Fsp3) is 0.250. The maximum Gasteiger partial charge on any atom is 0.0833 e. The van der Waals surface area contributed by atoms with Crippen LogP contribution in [0.4, 0.5) is 0 Å². The first kappa shape index (κ1) is 13.3. The third-order valence-electron chi connectivity index (χ3n) is 3.15. The van der Waals surface area contributed by atoms with Gasteiger partial charge in [-0.15, -0.1) is 0 Å². The largest absolute Gasteiger partial charge is 0.388 e. The Morgan fingerprint density at radius 3 is 2.39 bits per heavy atom. The second-order valence-electron chi connectivity index (χ2n) is 4.71. The molecule has 0 spiro atoms. The van der Waals surface area contributed by atoms with Crippen LogP contribution in [0.1, 0.15) is 28.4 Å². The Hall–Kier alpha value is -1.12. The van der Waals surface area contributed by atoms with Gasteiger partial charge in [0.1, 0.15) is 0 Å². The zero-order valence-electron chi connectivity index (χ0n) is 10.7. The first-order valence-electron chi connectivity index (χ1n) is 6.06. The SMILES string of the molecule is Cc1ccc(CC(O)c2cc(Br)ccc2C)cc1. The summed E-state index contributed by atoms with van der Waals surface area (Å²) in [5, 5.41) is 10.3. The smallest absolute Gasteiger partial charge is 0.0833 e. The highest BCUT2D eigenvalue weighted by Crippen LogP contribution is 2.25. The molecule has 2 rings (SSSR count). The number of aliphatic hydroxyl groups excluding tert-OH is 1. The van der Waals surface area contributed by atoms with Crippen LogP contribution in [0.5, 0.6) is 0 Å². The van der Waals surface area contributed by atoms with Gasteiger partial charge in [-0.3, -0.25) is 0 Å². The molecule has 0 amide bonds. The van der Waals surface area contributed by atoms with E-state index < -0.39 is 6.10 Å². The van der Waals surface area contributed by atoms with Crippen molar-refractivity contribution in [3.63, 3.8) is 0 Å². The Morgan fingerprint density at radius 1 is 1.06 bits per heavy atom. The molecule has 1 N–H and O–H groups in total. The average Bonchev–Trinajstić information content (AvgIpc) is 2.35. The van der Waals surface area contributed by atoms with E-state index in [9.17, 15) is 5.11 Å². The van der Waals surface area contributed by atoms with Crippen molar-refractivity contribution in [1.82, 2.24) is 0 Å². The number of halogens is 1. The van der Waals surface area contributed by atoms with Gasteiger partial charge in [0.25, 0.3) is 0 Å². The lowest BCUT2D eigenvalue weighted by atomic mass is 9.97.